The van der Waals surface area contributed by atoms with Crippen LogP contribution in [-0.4, -0.2) is 31.8 Å². The summed E-state index contributed by atoms with van der Waals surface area (Å²) in [5.74, 6) is -1.10. The van der Waals surface area contributed by atoms with Gasteiger partial charge in [0.2, 0.25) is 5.91 Å². The number of hydrogen-bond donors (Lipinski definition) is 1. The number of hydrazine groups is 1. The molecule has 5 rings (SSSR count). The van der Waals surface area contributed by atoms with Crippen LogP contribution < -0.4 is 5.43 Å². The lowest BCUT2D eigenvalue weighted by Gasteiger charge is -2.13. The molecular formula is C23H17F3N4O3S. The second-order valence-corrected chi connectivity index (χ2v) is 9.04. The molecule has 3 aromatic rings. The molecular weight excluding hydrogens is 469 g/mol. The minimum absolute atomic E-state index is 0.0574. The Labute approximate surface area is 195 Å². The standard InChI is InChI=1S/C23H17F3N4O3S/c24-23(25,26)17-4-2-1-3-15(17)12-29-18-8-5-13(9-16(18)11-27-29)10-19-21(32)30(22(33)34-19)28-20(31)14-6-7-14/h1-5,8-11,14H,6-7,12H2,(H,28,31)/b19-10-. The molecule has 1 N–H and O–H groups in total. The van der Waals surface area contributed by atoms with Gasteiger partial charge in [0.1, 0.15) is 0 Å². The summed E-state index contributed by atoms with van der Waals surface area (Å²) in [7, 11) is 0. The molecule has 11 heteroatoms. The van der Waals surface area contributed by atoms with E-state index >= 15 is 0 Å². The summed E-state index contributed by atoms with van der Waals surface area (Å²) in [5, 5.41) is 5.04. The van der Waals surface area contributed by atoms with Crippen LogP contribution in [0, 0.1) is 5.92 Å². The molecule has 2 heterocycles. The molecule has 2 aromatic carbocycles. The Morgan fingerprint density at radius 2 is 1.94 bits per heavy atom. The summed E-state index contributed by atoms with van der Waals surface area (Å²) < 4.78 is 41.4. The Kier molecular flexibility index (Phi) is 5.43. The Bertz CT molecular complexity index is 1360. The van der Waals surface area contributed by atoms with Crippen molar-refractivity contribution in [2.45, 2.75) is 25.6 Å². The number of fused-ring (bicyclic) bond motifs is 1. The van der Waals surface area contributed by atoms with E-state index in [4.69, 9.17) is 0 Å². The van der Waals surface area contributed by atoms with E-state index in [1.807, 2.05) is 0 Å². The van der Waals surface area contributed by atoms with Crippen molar-refractivity contribution in [1.82, 2.24) is 20.2 Å². The van der Waals surface area contributed by atoms with Gasteiger partial charge in [0.05, 0.1) is 28.7 Å². The fraction of sp³-hybridized carbons (Fsp3) is 0.217. The predicted octanol–water partition coefficient (Wildman–Crippen LogP) is 4.58. The van der Waals surface area contributed by atoms with E-state index < -0.39 is 22.9 Å². The number of carbonyl (C=O) groups is 3. The normalized spacial score (nSPS) is 17.7. The van der Waals surface area contributed by atoms with Crippen molar-refractivity contribution < 1.29 is 27.6 Å². The molecule has 3 amide bonds. The number of halogens is 3. The van der Waals surface area contributed by atoms with Crippen molar-refractivity contribution in [2.75, 3.05) is 0 Å². The van der Waals surface area contributed by atoms with Crippen molar-refractivity contribution in [1.29, 1.82) is 0 Å². The first-order chi connectivity index (χ1) is 16.2. The molecule has 7 nitrogen and oxygen atoms in total. The predicted molar refractivity (Wildman–Crippen MR) is 119 cm³/mol. The minimum Gasteiger partial charge on any atom is -0.273 e. The highest BCUT2D eigenvalue weighted by atomic mass is 32.2. The molecule has 1 saturated heterocycles. The number of alkyl halides is 3. The van der Waals surface area contributed by atoms with Gasteiger partial charge in [0.25, 0.3) is 5.91 Å². The summed E-state index contributed by atoms with van der Waals surface area (Å²) in [6, 6.07) is 10.5. The van der Waals surface area contributed by atoms with Gasteiger partial charge >= 0.3 is 11.4 Å². The lowest BCUT2D eigenvalue weighted by Crippen LogP contribution is -2.45. The largest absolute Gasteiger partial charge is 0.416 e. The number of amides is 3. The van der Waals surface area contributed by atoms with Gasteiger partial charge in [-0.05, 0) is 60.0 Å². The lowest BCUT2D eigenvalue weighted by atomic mass is 10.1. The van der Waals surface area contributed by atoms with Crippen molar-refractivity contribution in [2.24, 2.45) is 5.92 Å². The van der Waals surface area contributed by atoms with Gasteiger partial charge in [0, 0.05) is 11.3 Å². The van der Waals surface area contributed by atoms with Gasteiger partial charge in [0.15, 0.2) is 0 Å². The topological polar surface area (TPSA) is 84.3 Å². The lowest BCUT2D eigenvalue weighted by molar-refractivity contribution is -0.138. The number of rotatable bonds is 5. The van der Waals surface area contributed by atoms with Gasteiger partial charge in [-0.25, -0.2) is 0 Å². The molecule has 1 saturated carbocycles. The Hall–Kier alpha value is -3.60. The zero-order valence-electron chi connectivity index (χ0n) is 17.5. The fourth-order valence-corrected chi connectivity index (χ4v) is 4.46. The molecule has 174 valence electrons. The SMILES string of the molecule is O=C(NN1C(=O)S/C(=C\c2ccc3c(cnn3Cc3ccccc3C(F)(F)F)c2)C1=O)C1CC1. The van der Waals surface area contributed by atoms with E-state index in [2.05, 4.69) is 10.5 Å². The molecule has 34 heavy (non-hydrogen) atoms. The van der Waals surface area contributed by atoms with Gasteiger partial charge in [-0.1, -0.05) is 24.3 Å². The number of thioether (sulfide) groups is 1. The Morgan fingerprint density at radius 3 is 2.68 bits per heavy atom. The summed E-state index contributed by atoms with van der Waals surface area (Å²) >= 11 is 0.723. The number of nitrogens with one attached hydrogen (secondary N) is 1. The summed E-state index contributed by atoms with van der Waals surface area (Å²) in [5.41, 5.74) is 3.00. The molecule has 1 aliphatic carbocycles. The average molecular weight is 486 g/mol. The minimum atomic E-state index is -4.46. The third kappa shape index (κ3) is 4.30. The maximum absolute atomic E-state index is 13.3. The monoisotopic (exact) mass is 486 g/mol. The molecule has 0 radical (unpaired) electrons. The molecule has 2 fully saturated rings. The second kappa shape index (κ2) is 8.32. The second-order valence-electron chi connectivity index (χ2n) is 8.04. The quantitative estimate of drug-likeness (QED) is 0.534. The van der Waals surface area contributed by atoms with Crippen LogP contribution in [0.3, 0.4) is 0 Å². The number of imide groups is 1. The fourth-order valence-electron chi connectivity index (χ4n) is 3.68. The van der Waals surface area contributed by atoms with Crippen LogP contribution in [0.4, 0.5) is 18.0 Å². The molecule has 0 atom stereocenters. The third-order valence-corrected chi connectivity index (χ3v) is 6.44. The molecule has 0 bridgehead atoms. The van der Waals surface area contributed by atoms with E-state index in [0.717, 1.165) is 35.7 Å². The zero-order chi connectivity index (χ0) is 24.0. The zero-order valence-corrected chi connectivity index (χ0v) is 18.3. The smallest absolute Gasteiger partial charge is 0.273 e. The molecule has 1 aliphatic heterocycles. The van der Waals surface area contributed by atoms with Crippen LogP contribution in [0.5, 0.6) is 0 Å². The first-order valence-electron chi connectivity index (χ1n) is 10.4. The molecule has 0 unspecified atom stereocenters. The van der Waals surface area contributed by atoms with Crippen molar-refractivity contribution in [3.05, 3.63) is 70.3 Å². The molecule has 0 spiro atoms. The van der Waals surface area contributed by atoms with Crippen LogP contribution in [-0.2, 0) is 22.3 Å². The van der Waals surface area contributed by atoms with Crippen LogP contribution in [0.25, 0.3) is 17.0 Å². The van der Waals surface area contributed by atoms with E-state index in [1.54, 1.807) is 24.3 Å². The average Bonchev–Trinajstić information content (AvgIpc) is 3.53. The highest BCUT2D eigenvalue weighted by Gasteiger charge is 2.39. The highest BCUT2D eigenvalue weighted by Crippen LogP contribution is 2.34. The first-order valence-corrected chi connectivity index (χ1v) is 11.2. The maximum atomic E-state index is 13.3. The summed E-state index contributed by atoms with van der Waals surface area (Å²) in [4.78, 5) is 36.8. The Morgan fingerprint density at radius 1 is 1.18 bits per heavy atom. The molecule has 1 aromatic heterocycles. The maximum Gasteiger partial charge on any atom is 0.416 e. The Balaban J connectivity index is 1.37. The number of carbonyl (C=O) groups excluding carboxylic acids is 3. The van der Waals surface area contributed by atoms with E-state index in [9.17, 15) is 27.6 Å². The summed E-state index contributed by atoms with van der Waals surface area (Å²) in [6.45, 7) is -0.0574. The van der Waals surface area contributed by atoms with E-state index in [0.29, 0.717) is 16.5 Å². The van der Waals surface area contributed by atoms with Gasteiger partial charge in [-0.2, -0.15) is 23.3 Å². The van der Waals surface area contributed by atoms with Crippen LogP contribution in [0.15, 0.2) is 53.6 Å². The van der Waals surface area contributed by atoms with Crippen LogP contribution >= 0.6 is 11.8 Å². The van der Waals surface area contributed by atoms with Gasteiger partial charge < -0.3 is 0 Å². The van der Waals surface area contributed by atoms with Gasteiger partial charge in [-0.15, -0.1) is 0 Å². The molecule has 2 aliphatic rings. The highest BCUT2D eigenvalue weighted by molar-refractivity contribution is 8.18. The number of nitrogens with zero attached hydrogens (tertiary/aromatic N) is 3. The van der Waals surface area contributed by atoms with E-state index in [-0.39, 0.29) is 28.8 Å². The van der Waals surface area contributed by atoms with Crippen molar-refractivity contribution in [3.63, 3.8) is 0 Å². The van der Waals surface area contributed by atoms with Gasteiger partial charge in [-0.3, -0.25) is 24.5 Å². The summed E-state index contributed by atoms with van der Waals surface area (Å²) in [6.07, 6.45) is 0.0863. The third-order valence-electron chi connectivity index (χ3n) is 5.57. The number of hydrogen-bond acceptors (Lipinski definition) is 5. The van der Waals surface area contributed by atoms with Crippen molar-refractivity contribution in [3.8, 4) is 0 Å². The number of benzene rings is 2. The van der Waals surface area contributed by atoms with Crippen LogP contribution in [0.1, 0.15) is 29.5 Å². The van der Waals surface area contributed by atoms with Crippen LogP contribution in [0.2, 0.25) is 0 Å². The number of aromatic nitrogens is 2. The van der Waals surface area contributed by atoms with Crippen molar-refractivity contribution >= 4 is 45.8 Å². The first kappa shape index (κ1) is 22.2. The van der Waals surface area contributed by atoms with E-state index in [1.165, 1.54) is 29.1 Å².